The molecule has 1 aromatic heterocycles. The molecule has 0 N–H and O–H groups in total. The molecule has 0 aliphatic heterocycles. The third-order valence-electron chi connectivity index (χ3n) is 3.11. The van der Waals surface area contributed by atoms with Crippen LogP contribution in [-0.2, 0) is 10.0 Å². The van der Waals surface area contributed by atoms with Gasteiger partial charge in [0.2, 0.25) is 0 Å². The number of hydrogen-bond donors (Lipinski definition) is 0. The summed E-state index contributed by atoms with van der Waals surface area (Å²) >= 11 is 5.94. The van der Waals surface area contributed by atoms with Gasteiger partial charge >= 0.3 is 0 Å². The Bertz CT molecular complexity index is 900. The van der Waals surface area contributed by atoms with Crippen molar-refractivity contribution in [3.63, 3.8) is 0 Å². The molecule has 0 saturated heterocycles. The molecular weight excluding hydrogens is 296 g/mol. The Morgan fingerprint density at radius 2 is 1.90 bits per heavy atom. The summed E-state index contributed by atoms with van der Waals surface area (Å²) < 4.78 is 26.5. The number of halogens is 1. The van der Waals surface area contributed by atoms with Gasteiger partial charge < -0.3 is 0 Å². The SMILES string of the molecule is Cc1cc(S(=O)(=O)n2cnc3ccccc32)ccc1Cl. The molecule has 0 bridgehead atoms. The Kier molecular flexibility index (Phi) is 3.03. The van der Waals surface area contributed by atoms with E-state index in [4.69, 9.17) is 11.6 Å². The van der Waals surface area contributed by atoms with Gasteiger partial charge in [0, 0.05) is 5.02 Å². The van der Waals surface area contributed by atoms with E-state index >= 15 is 0 Å². The van der Waals surface area contributed by atoms with Crippen LogP contribution in [0.15, 0.2) is 53.7 Å². The summed E-state index contributed by atoms with van der Waals surface area (Å²) in [6.07, 6.45) is 1.32. The van der Waals surface area contributed by atoms with Crippen molar-refractivity contribution in [3.8, 4) is 0 Å². The van der Waals surface area contributed by atoms with E-state index in [0.29, 0.717) is 16.1 Å². The Hall–Kier alpha value is -1.85. The second kappa shape index (κ2) is 4.61. The highest BCUT2D eigenvalue weighted by molar-refractivity contribution is 7.90. The monoisotopic (exact) mass is 306 g/mol. The fourth-order valence-corrected chi connectivity index (χ4v) is 3.51. The topological polar surface area (TPSA) is 52.0 Å². The number of fused-ring (bicyclic) bond motifs is 1. The Balaban J connectivity index is 2.23. The van der Waals surface area contributed by atoms with Crippen LogP contribution < -0.4 is 0 Å². The first-order valence-corrected chi connectivity index (χ1v) is 7.76. The molecular formula is C14H11ClN2O2S. The Morgan fingerprint density at radius 3 is 2.65 bits per heavy atom. The molecule has 0 atom stereocenters. The smallest absolute Gasteiger partial charge is 0.236 e. The lowest BCUT2D eigenvalue weighted by atomic mass is 10.2. The highest BCUT2D eigenvalue weighted by Crippen LogP contribution is 2.23. The van der Waals surface area contributed by atoms with E-state index in [1.165, 1.54) is 16.4 Å². The molecule has 0 aliphatic carbocycles. The van der Waals surface area contributed by atoms with Crippen molar-refractivity contribution in [2.75, 3.05) is 0 Å². The molecule has 3 rings (SSSR count). The van der Waals surface area contributed by atoms with Gasteiger partial charge in [0.05, 0.1) is 15.9 Å². The lowest BCUT2D eigenvalue weighted by Gasteiger charge is -2.08. The minimum Gasteiger partial charge on any atom is -0.236 e. The molecule has 0 radical (unpaired) electrons. The van der Waals surface area contributed by atoms with E-state index in [9.17, 15) is 8.42 Å². The van der Waals surface area contributed by atoms with Crippen molar-refractivity contribution in [2.24, 2.45) is 0 Å². The minimum atomic E-state index is -3.67. The zero-order valence-electron chi connectivity index (χ0n) is 10.6. The molecule has 0 unspecified atom stereocenters. The van der Waals surface area contributed by atoms with Crippen molar-refractivity contribution < 1.29 is 8.42 Å². The standard InChI is InChI=1S/C14H11ClN2O2S/c1-10-8-11(6-7-12(10)15)20(18,19)17-9-16-13-4-2-3-5-14(13)17/h2-9H,1H3. The predicted octanol–water partition coefficient (Wildman–Crippen LogP) is 3.24. The van der Waals surface area contributed by atoms with Crippen LogP contribution in [0.2, 0.25) is 5.02 Å². The fourth-order valence-electron chi connectivity index (χ4n) is 2.02. The number of aromatic nitrogens is 2. The van der Waals surface area contributed by atoms with Crippen LogP contribution in [0, 0.1) is 6.92 Å². The van der Waals surface area contributed by atoms with Crippen LogP contribution in [0.4, 0.5) is 0 Å². The van der Waals surface area contributed by atoms with Crippen LogP contribution in [-0.4, -0.2) is 17.4 Å². The molecule has 0 saturated carbocycles. The number of imidazole rings is 1. The number of nitrogens with zero attached hydrogens (tertiary/aromatic N) is 2. The van der Waals surface area contributed by atoms with Crippen molar-refractivity contribution in [2.45, 2.75) is 11.8 Å². The van der Waals surface area contributed by atoms with E-state index in [1.807, 2.05) is 6.07 Å². The first kappa shape index (κ1) is 13.1. The lowest BCUT2D eigenvalue weighted by Crippen LogP contribution is -2.12. The number of para-hydroxylation sites is 2. The van der Waals surface area contributed by atoms with Gasteiger partial charge in [-0.3, -0.25) is 0 Å². The zero-order chi connectivity index (χ0) is 14.3. The van der Waals surface area contributed by atoms with Gasteiger partial charge in [-0.25, -0.2) is 17.4 Å². The lowest BCUT2D eigenvalue weighted by molar-refractivity contribution is 0.588. The highest BCUT2D eigenvalue weighted by Gasteiger charge is 2.19. The van der Waals surface area contributed by atoms with Crippen LogP contribution in [0.25, 0.3) is 11.0 Å². The van der Waals surface area contributed by atoms with Gasteiger partial charge in [-0.1, -0.05) is 23.7 Å². The fraction of sp³-hybridized carbons (Fsp3) is 0.0714. The first-order valence-electron chi connectivity index (χ1n) is 5.94. The van der Waals surface area contributed by atoms with Gasteiger partial charge in [-0.05, 0) is 42.8 Å². The molecule has 2 aromatic carbocycles. The summed E-state index contributed by atoms with van der Waals surface area (Å²) in [5.41, 5.74) is 1.92. The van der Waals surface area contributed by atoms with Gasteiger partial charge in [-0.15, -0.1) is 0 Å². The molecule has 0 aliphatic rings. The maximum atomic E-state index is 12.7. The molecule has 0 spiro atoms. The summed E-state index contributed by atoms with van der Waals surface area (Å²) in [4.78, 5) is 4.30. The Labute approximate surface area is 121 Å². The van der Waals surface area contributed by atoms with Crippen LogP contribution in [0.3, 0.4) is 0 Å². The van der Waals surface area contributed by atoms with E-state index < -0.39 is 10.0 Å². The third kappa shape index (κ3) is 1.99. The summed E-state index contributed by atoms with van der Waals surface area (Å²) in [5.74, 6) is 0. The molecule has 1 heterocycles. The largest absolute Gasteiger partial charge is 0.269 e. The molecule has 3 aromatic rings. The minimum absolute atomic E-state index is 0.197. The maximum absolute atomic E-state index is 12.7. The second-order valence-corrected chi connectivity index (χ2v) is 6.67. The van der Waals surface area contributed by atoms with Crippen molar-refractivity contribution in [3.05, 3.63) is 59.4 Å². The van der Waals surface area contributed by atoms with Crippen molar-refractivity contribution >= 4 is 32.7 Å². The van der Waals surface area contributed by atoms with Gasteiger partial charge in [0.25, 0.3) is 10.0 Å². The van der Waals surface area contributed by atoms with Crippen molar-refractivity contribution in [1.82, 2.24) is 8.96 Å². The van der Waals surface area contributed by atoms with Crippen LogP contribution in [0.1, 0.15) is 5.56 Å². The number of hydrogen-bond acceptors (Lipinski definition) is 3. The third-order valence-corrected chi connectivity index (χ3v) is 5.19. The van der Waals surface area contributed by atoms with E-state index in [0.717, 1.165) is 5.56 Å². The van der Waals surface area contributed by atoms with Crippen LogP contribution in [0.5, 0.6) is 0 Å². The zero-order valence-corrected chi connectivity index (χ0v) is 12.2. The predicted molar refractivity (Wildman–Crippen MR) is 78.5 cm³/mol. The van der Waals surface area contributed by atoms with Gasteiger partial charge in [0.1, 0.15) is 6.33 Å². The van der Waals surface area contributed by atoms with E-state index in [2.05, 4.69) is 4.98 Å². The van der Waals surface area contributed by atoms with Gasteiger partial charge in [-0.2, -0.15) is 0 Å². The number of aryl methyl sites for hydroxylation is 1. The molecule has 4 nitrogen and oxygen atoms in total. The molecule has 0 amide bonds. The normalized spacial score (nSPS) is 11.9. The average molecular weight is 307 g/mol. The summed E-state index contributed by atoms with van der Waals surface area (Å²) in [7, 11) is -3.67. The van der Waals surface area contributed by atoms with Crippen LogP contribution >= 0.6 is 11.6 Å². The van der Waals surface area contributed by atoms with Gasteiger partial charge in [0.15, 0.2) is 0 Å². The van der Waals surface area contributed by atoms with E-state index in [1.54, 1.807) is 37.3 Å². The quantitative estimate of drug-likeness (QED) is 0.730. The summed E-state index contributed by atoms with van der Waals surface area (Å²) in [5, 5.41) is 0.541. The highest BCUT2D eigenvalue weighted by atomic mass is 35.5. The number of benzene rings is 2. The number of rotatable bonds is 2. The molecule has 0 fully saturated rings. The van der Waals surface area contributed by atoms with Crippen molar-refractivity contribution in [1.29, 1.82) is 0 Å². The average Bonchev–Trinajstić information content (AvgIpc) is 2.86. The first-order chi connectivity index (χ1) is 9.50. The van der Waals surface area contributed by atoms with E-state index in [-0.39, 0.29) is 4.90 Å². The Morgan fingerprint density at radius 1 is 1.15 bits per heavy atom. The molecule has 102 valence electrons. The molecule has 20 heavy (non-hydrogen) atoms. The molecule has 6 heteroatoms. The summed E-state index contributed by atoms with van der Waals surface area (Å²) in [6, 6.07) is 11.7. The summed E-state index contributed by atoms with van der Waals surface area (Å²) in [6.45, 7) is 1.77. The second-order valence-electron chi connectivity index (χ2n) is 4.45. The maximum Gasteiger partial charge on any atom is 0.269 e.